The van der Waals surface area contributed by atoms with E-state index in [1.807, 2.05) is 30.3 Å². The lowest BCUT2D eigenvalue weighted by Gasteiger charge is -2.30. The highest BCUT2D eigenvalue weighted by molar-refractivity contribution is 5.97. The fourth-order valence-electron chi connectivity index (χ4n) is 4.92. The van der Waals surface area contributed by atoms with Gasteiger partial charge in [0.1, 0.15) is 17.5 Å². The number of hydrogen-bond acceptors (Lipinski definition) is 7. The van der Waals surface area contributed by atoms with Crippen LogP contribution in [0.15, 0.2) is 72.8 Å². The second-order valence-electron chi connectivity index (χ2n) is 10.1. The van der Waals surface area contributed by atoms with Crippen LogP contribution in [0, 0.1) is 6.92 Å². The number of carbonyl (C=O) groups is 3. The minimum Gasteiger partial charge on any atom is -0.508 e. The number of nitrogens with zero attached hydrogens (tertiary/aromatic N) is 1. The van der Waals surface area contributed by atoms with E-state index in [4.69, 9.17) is 4.74 Å². The number of amides is 3. The van der Waals surface area contributed by atoms with E-state index in [-0.39, 0.29) is 37.2 Å². The van der Waals surface area contributed by atoms with E-state index in [1.165, 1.54) is 23.1 Å². The smallest absolute Gasteiger partial charge is 0.254 e. The van der Waals surface area contributed by atoms with Crippen LogP contribution in [0.4, 0.5) is 0 Å². The van der Waals surface area contributed by atoms with Gasteiger partial charge in [0.25, 0.3) is 11.8 Å². The number of methoxy groups -OCH3 is 1. The topological polar surface area (TPSA) is 148 Å². The molecule has 1 aliphatic rings. The molecule has 0 unspecified atom stereocenters. The first-order valence-corrected chi connectivity index (χ1v) is 13.4. The number of carbonyl (C=O) groups excluding carboxylic acids is 3. The molecule has 1 heterocycles. The van der Waals surface area contributed by atoms with Gasteiger partial charge in [0.15, 0.2) is 6.10 Å². The molecule has 0 aliphatic carbocycles. The van der Waals surface area contributed by atoms with E-state index in [0.29, 0.717) is 11.3 Å². The maximum absolute atomic E-state index is 13.6. The van der Waals surface area contributed by atoms with Crippen molar-refractivity contribution in [3.05, 3.63) is 95.1 Å². The molecule has 10 nitrogen and oxygen atoms in total. The van der Waals surface area contributed by atoms with Gasteiger partial charge in [0.05, 0.1) is 19.3 Å². The summed E-state index contributed by atoms with van der Waals surface area (Å²) in [7, 11) is 1.56. The van der Waals surface area contributed by atoms with Crippen molar-refractivity contribution in [2.45, 2.75) is 50.6 Å². The Morgan fingerprint density at radius 3 is 2.39 bits per heavy atom. The zero-order valence-electron chi connectivity index (χ0n) is 23.0. The number of aliphatic hydroxyl groups excluding tert-OH is 2. The lowest BCUT2D eigenvalue weighted by atomic mass is 9.98. The average molecular weight is 562 g/mol. The molecular formula is C31H35N3O7. The molecule has 0 aromatic heterocycles. The van der Waals surface area contributed by atoms with E-state index < -0.39 is 42.0 Å². The number of likely N-dealkylation sites (tertiary alicyclic amines) is 1. The zero-order valence-corrected chi connectivity index (χ0v) is 23.0. The van der Waals surface area contributed by atoms with E-state index in [0.717, 1.165) is 11.1 Å². The van der Waals surface area contributed by atoms with E-state index in [1.54, 1.807) is 38.3 Å². The highest BCUT2D eigenvalue weighted by Gasteiger charge is 2.42. The quantitative estimate of drug-likeness (QED) is 0.253. The number of aliphatic hydroxyl groups is 2. The number of phenols is 1. The van der Waals surface area contributed by atoms with Crippen molar-refractivity contribution in [1.29, 1.82) is 0 Å². The molecule has 0 spiro atoms. The minimum absolute atomic E-state index is 0.0190. The molecule has 1 aliphatic heterocycles. The molecule has 0 saturated carbocycles. The number of ether oxygens (including phenoxy) is 1. The molecule has 216 valence electrons. The summed E-state index contributed by atoms with van der Waals surface area (Å²) in [5.74, 6) is -1.18. The third kappa shape index (κ3) is 7.22. The van der Waals surface area contributed by atoms with Crippen LogP contribution in [0.2, 0.25) is 0 Å². The molecule has 1 fully saturated rings. The predicted molar refractivity (Wildman–Crippen MR) is 151 cm³/mol. The minimum atomic E-state index is -1.71. The summed E-state index contributed by atoms with van der Waals surface area (Å²) >= 11 is 0. The largest absolute Gasteiger partial charge is 0.508 e. The number of β-amino-alcohol motifs (C(OH)–C–C–N with tert-alkyl or cyclic N) is 1. The Bertz CT molecular complexity index is 1360. The van der Waals surface area contributed by atoms with Crippen molar-refractivity contribution < 1.29 is 34.4 Å². The van der Waals surface area contributed by atoms with Crippen LogP contribution in [0.3, 0.4) is 0 Å². The monoisotopic (exact) mass is 561 g/mol. The number of rotatable bonds is 10. The second-order valence-corrected chi connectivity index (χ2v) is 10.1. The van der Waals surface area contributed by atoms with Crippen LogP contribution in [0.1, 0.15) is 33.5 Å². The van der Waals surface area contributed by atoms with Crippen LogP contribution in [0.5, 0.6) is 11.5 Å². The van der Waals surface area contributed by atoms with Gasteiger partial charge in [-0.3, -0.25) is 14.4 Å². The van der Waals surface area contributed by atoms with Crippen molar-refractivity contribution >= 4 is 17.7 Å². The molecule has 0 radical (unpaired) electrons. The third-order valence-corrected chi connectivity index (χ3v) is 7.29. The standard InChI is InChI=1S/C31H35N3O7/c1-19-24(9-6-10-27(19)36)29(38)33-25(15-20-7-4-3-5-8-20)28(37)31(40)34-18-22(35)16-26(34)30(39)32-17-21-11-13-23(41-2)14-12-21/h3-14,22,25-26,28,35-37H,15-18H2,1-2H3,(H,32,39)(H,33,38)/t22-,25+,26+,28+/m1/s1. The number of benzene rings is 3. The average Bonchev–Trinajstić information content (AvgIpc) is 3.38. The van der Waals surface area contributed by atoms with Crippen LogP contribution in [0.25, 0.3) is 0 Å². The van der Waals surface area contributed by atoms with Crippen molar-refractivity contribution in [2.75, 3.05) is 13.7 Å². The van der Waals surface area contributed by atoms with Gasteiger partial charge in [-0.1, -0.05) is 48.5 Å². The lowest BCUT2D eigenvalue weighted by molar-refractivity contribution is -0.146. The molecule has 41 heavy (non-hydrogen) atoms. The Hall–Kier alpha value is -4.41. The van der Waals surface area contributed by atoms with Gasteiger partial charge < -0.3 is 35.6 Å². The summed E-state index contributed by atoms with van der Waals surface area (Å²) < 4.78 is 5.15. The molecule has 4 rings (SSSR count). The van der Waals surface area contributed by atoms with Crippen LogP contribution in [-0.4, -0.2) is 75.9 Å². The highest BCUT2D eigenvalue weighted by Crippen LogP contribution is 2.23. The molecule has 3 aromatic carbocycles. The van der Waals surface area contributed by atoms with Crippen molar-refractivity contribution in [2.24, 2.45) is 0 Å². The van der Waals surface area contributed by atoms with Gasteiger partial charge in [-0.2, -0.15) is 0 Å². The number of phenolic OH excluding ortho intramolecular Hbond substituents is 1. The molecule has 5 N–H and O–H groups in total. The number of aromatic hydroxyl groups is 1. The van der Waals surface area contributed by atoms with E-state index >= 15 is 0 Å². The number of nitrogens with one attached hydrogen (secondary N) is 2. The molecule has 0 bridgehead atoms. The zero-order chi connectivity index (χ0) is 29.5. The molecule has 4 atom stereocenters. The third-order valence-electron chi connectivity index (χ3n) is 7.29. The molecular weight excluding hydrogens is 526 g/mol. The van der Waals surface area contributed by atoms with Crippen LogP contribution in [-0.2, 0) is 22.6 Å². The highest BCUT2D eigenvalue weighted by atomic mass is 16.5. The van der Waals surface area contributed by atoms with Gasteiger partial charge in [-0.15, -0.1) is 0 Å². The predicted octanol–water partition coefficient (Wildman–Crippen LogP) is 1.69. The van der Waals surface area contributed by atoms with Gasteiger partial charge in [0, 0.05) is 30.6 Å². The fourth-order valence-corrected chi connectivity index (χ4v) is 4.92. The SMILES string of the molecule is COc1ccc(CNC(=O)[C@@H]2C[C@@H](O)CN2C(=O)[C@@H](O)[C@H](Cc2ccccc2)NC(=O)c2cccc(O)c2C)cc1. The molecule has 3 amide bonds. The summed E-state index contributed by atoms with van der Waals surface area (Å²) in [6.45, 7) is 1.67. The van der Waals surface area contributed by atoms with Crippen molar-refractivity contribution in [3.63, 3.8) is 0 Å². The first-order chi connectivity index (χ1) is 19.7. The van der Waals surface area contributed by atoms with Crippen LogP contribution >= 0.6 is 0 Å². The van der Waals surface area contributed by atoms with Crippen molar-refractivity contribution in [3.8, 4) is 11.5 Å². The van der Waals surface area contributed by atoms with E-state index in [9.17, 15) is 29.7 Å². The summed E-state index contributed by atoms with van der Waals surface area (Å²) in [6, 6.07) is 18.7. The van der Waals surface area contributed by atoms with Gasteiger partial charge >= 0.3 is 0 Å². The Labute approximate surface area is 238 Å². The summed E-state index contributed by atoms with van der Waals surface area (Å²) in [6.07, 6.45) is -2.51. The molecule has 3 aromatic rings. The molecule has 10 heteroatoms. The lowest BCUT2D eigenvalue weighted by Crippen LogP contribution is -2.55. The summed E-state index contributed by atoms with van der Waals surface area (Å²) in [5.41, 5.74) is 2.16. The Morgan fingerprint density at radius 1 is 1.00 bits per heavy atom. The van der Waals surface area contributed by atoms with Gasteiger partial charge in [0.2, 0.25) is 5.91 Å². The van der Waals surface area contributed by atoms with Gasteiger partial charge in [-0.05, 0) is 48.7 Å². The summed E-state index contributed by atoms with van der Waals surface area (Å²) in [4.78, 5) is 41.1. The fraction of sp³-hybridized carbons (Fsp3) is 0.323. The number of hydrogen-bond donors (Lipinski definition) is 5. The second kappa shape index (κ2) is 13.3. The Balaban J connectivity index is 1.50. The van der Waals surface area contributed by atoms with E-state index in [2.05, 4.69) is 10.6 Å². The Kier molecular flexibility index (Phi) is 9.59. The van der Waals surface area contributed by atoms with Crippen LogP contribution < -0.4 is 15.4 Å². The Morgan fingerprint density at radius 2 is 1.71 bits per heavy atom. The first kappa shape index (κ1) is 29.6. The normalized spacial score (nSPS) is 17.9. The van der Waals surface area contributed by atoms with Gasteiger partial charge in [-0.25, -0.2) is 0 Å². The first-order valence-electron chi connectivity index (χ1n) is 13.4. The van der Waals surface area contributed by atoms with Crippen molar-refractivity contribution in [1.82, 2.24) is 15.5 Å². The molecule has 1 saturated heterocycles. The summed E-state index contributed by atoms with van der Waals surface area (Å²) in [5, 5.41) is 37.2. The maximum Gasteiger partial charge on any atom is 0.254 e. The maximum atomic E-state index is 13.6.